The van der Waals surface area contributed by atoms with E-state index in [0.717, 1.165) is 6.42 Å². The molecule has 1 atom stereocenters. The highest BCUT2D eigenvalue weighted by atomic mass is 15.1. The second kappa shape index (κ2) is 12.8. The summed E-state index contributed by atoms with van der Waals surface area (Å²) in [4.78, 5) is 2.69. The molecule has 0 saturated carbocycles. The van der Waals surface area contributed by atoms with E-state index in [-0.39, 0.29) is 0 Å². The van der Waals surface area contributed by atoms with Crippen LogP contribution in [0.15, 0.2) is 36.5 Å². The highest BCUT2D eigenvalue weighted by Gasteiger charge is 2.08. The first-order valence-corrected chi connectivity index (χ1v) is 8.75. The van der Waals surface area contributed by atoms with Gasteiger partial charge < -0.3 is 10.6 Å². The number of likely N-dealkylation sites (tertiary alicyclic amines) is 1. The van der Waals surface area contributed by atoms with Gasteiger partial charge in [-0.2, -0.15) is 0 Å². The van der Waals surface area contributed by atoms with Crippen LogP contribution >= 0.6 is 0 Å². The lowest BCUT2D eigenvalue weighted by molar-refractivity contribution is 0.241. The molecule has 0 aromatic rings. The van der Waals surface area contributed by atoms with Crippen molar-refractivity contribution in [1.82, 2.24) is 4.90 Å². The monoisotopic (exact) mass is 290 g/mol. The molecule has 1 fully saturated rings. The maximum atomic E-state index is 4.50. The largest absolute Gasteiger partial charge is 0.333 e. The molecule has 0 bridgehead atoms. The van der Waals surface area contributed by atoms with Crippen LogP contribution in [0.4, 0.5) is 0 Å². The molecule has 1 aliphatic heterocycles. The van der Waals surface area contributed by atoms with E-state index >= 15 is 0 Å². The normalized spacial score (nSPS) is 28.0. The van der Waals surface area contributed by atoms with Gasteiger partial charge in [0.2, 0.25) is 0 Å². The summed E-state index contributed by atoms with van der Waals surface area (Å²) < 4.78 is 0. The van der Waals surface area contributed by atoms with Gasteiger partial charge in [-0.3, -0.25) is 0 Å². The lowest BCUT2D eigenvalue weighted by Crippen LogP contribution is -2.28. The molecule has 2 heteroatoms. The van der Waals surface area contributed by atoms with Crippen LogP contribution in [0.2, 0.25) is 0 Å². The summed E-state index contributed by atoms with van der Waals surface area (Å²) in [6.07, 6.45) is 24.5. The standard InChI is InChI=1S/C18H29N.CH5N/c1-3-7-12-18(13-8-4-1)14-11-17-19-15-9-5-2-6-10-16-19;1-2/h1,3,7-8,12-13,18H,2,4-6,9-11,14-17H2;2H2,1H3/b3-1-,12-7-,13-8+;. The second-order valence-corrected chi connectivity index (χ2v) is 5.89. The first kappa shape index (κ1) is 18.2. The molecular weight excluding hydrogens is 256 g/mol. The van der Waals surface area contributed by atoms with Crippen molar-refractivity contribution in [3.05, 3.63) is 36.5 Å². The molecule has 2 rings (SSSR count). The molecule has 0 amide bonds. The summed E-state index contributed by atoms with van der Waals surface area (Å²) in [5.74, 6) is 0.653. The molecule has 1 aliphatic carbocycles. The summed E-state index contributed by atoms with van der Waals surface area (Å²) in [5.41, 5.74) is 4.50. The van der Waals surface area contributed by atoms with E-state index in [9.17, 15) is 0 Å². The number of nitrogens with two attached hydrogens (primary N) is 1. The summed E-state index contributed by atoms with van der Waals surface area (Å²) in [5, 5.41) is 0. The fourth-order valence-electron chi connectivity index (χ4n) is 3.04. The maximum absolute atomic E-state index is 4.50. The van der Waals surface area contributed by atoms with Crippen LogP contribution in [0.5, 0.6) is 0 Å². The lowest BCUT2D eigenvalue weighted by atomic mass is 10.00. The Balaban J connectivity index is 0.00000106. The predicted octanol–water partition coefficient (Wildman–Crippen LogP) is 4.30. The van der Waals surface area contributed by atoms with Crippen molar-refractivity contribution in [2.75, 3.05) is 26.7 Å². The third-order valence-electron chi connectivity index (χ3n) is 4.22. The summed E-state index contributed by atoms with van der Waals surface area (Å²) >= 11 is 0. The zero-order valence-electron chi connectivity index (χ0n) is 13.8. The SMILES string of the molecule is C1=C\C/C=C/C(CCCN2CCCCCCC2)\C=C/1.CN. The van der Waals surface area contributed by atoms with Gasteiger partial charge >= 0.3 is 0 Å². The first-order chi connectivity index (χ1) is 10.4. The number of allylic oxidation sites excluding steroid dienone is 6. The Morgan fingerprint density at radius 3 is 2.38 bits per heavy atom. The van der Waals surface area contributed by atoms with Gasteiger partial charge in [-0.25, -0.2) is 0 Å². The van der Waals surface area contributed by atoms with Crippen LogP contribution in [0.25, 0.3) is 0 Å². The van der Waals surface area contributed by atoms with Gasteiger partial charge in [0, 0.05) is 0 Å². The van der Waals surface area contributed by atoms with Crippen LogP contribution in [0, 0.1) is 5.92 Å². The number of hydrogen-bond acceptors (Lipinski definition) is 2. The zero-order chi connectivity index (χ0) is 15.2. The molecule has 1 unspecified atom stereocenters. The topological polar surface area (TPSA) is 29.3 Å². The Morgan fingerprint density at radius 2 is 1.62 bits per heavy atom. The molecule has 2 aliphatic rings. The number of hydrogen-bond donors (Lipinski definition) is 1. The minimum atomic E-state index is 0.653. The van der Waals surface area contributed by atoms with Crippen LogP contribution in [0.1, 0.15) is 51.4 Å². The predicted molar refractivity (Wildman–Crippen MR) is 94.4 cm³/mol. The van der Waals surface area contributed by atoms with E-state index in [1.165, 1.54) is 71.6 Å². The summed E-state index contributed by atoms with van der Waals surface area (Å²) in [6.45, 7) is 3.96. The van der Waals surface area contributed by atoms with E-state index in [0.29, 0.717) is 5.92 Å². The minimum Gasteiger partial charge on any atom is -0.333 e. The molecular formula is C19H34N2. The van der Waals surface area contributed by atoms with E-state index in [2.05, 4.69) is 47.1 Å². The molecule has 2 N–H and O–H groups in total. The summed E-state index contributed by atoms with van der Waals surface area (Å²) in [6, 6.07) is 0. The van der Waals surface area contributed by atoms with Crippen molar-refractivity contribution in [1.29, 1.82) is 0 Å². The third kappa shape index (κ3) is 8.90. The van der Waals surface area contributed by atoms with Crippen molar-refractivity contribution in [2.45, 2.75) is 51.4 Å². The van der Waals surface area contributed by atoms with Gasteiger partial charge in [-0.15, -0.1) is 0 Å². The second-order valence-electron chi connectivity index (χ2n) is 5.89. The van der Waals surface area contributed by atoms with Crippen LogP contribution in [-0.4, -0.2) is 31.6 Å². The first-order valence-electron chi connectivity index (χ1n) is 8.75. The number of nitrogens with zero attached hydrogens (tertiary/aromatic N) is 1. The van der Waals surface area contributed by atoms with Crippen LogP contribution in [-0.2, 0) is 0 Å². The highest BCUT2D eigenvalue weighted by Crippen LogP contribution is 2.15. The van der Waals surface area contributed by atoms with E-state index in [1.54, 1.807) is 0 Å². The van der Waals surface area contributed by atoms with Crippen LogP contribution in [0.3, 0.4) is 0 Å². The summed E-state index contributed by atoms with van der Waals surface area (Å²) in [7, 11) is 1.50. The molecule has 0 aromatic carbocycles. The van der Waals surface area contributed by atoms with Gasteiger partial charge in [0.15, 0.2) is 0 Å². The molecule has 120 valence electrons. The van der Waals surface area contributed by atoms with Crippen molar-refractivity contribution in [2.24, 2.45) is 11.7 Å². The smallest absolute Gasteiger partial charge is 0.00184 e. The van der Waals surface area contributed by atoms with Gasteiger partial charge in [0.1, 0.15) is 0 Å². The Morgan fingerprint density at radius 1 is 0.905 bits per heavy atom. The Kier molecular flexibility index (Phi) is 11.1. The van der Waals surface area contributed by atoms with Crippen molar-refractivity contribution >= 4 is 0 Å². The fourth-order valence-corrected chi connectivity index (χ4v) is 3.04. The van der Waals surface area contributed by atoms with Crippen molar-refractivity contribution < 1.29 is 0 Å². The van der Waals surface area contributed by atoms with E-state index in [4.69, 9.17) is 0 Å². The Bertz CT molecular complexity index is 310. The Labute approximate surface area is 131 Å². The quantitative estimate of drug-likeness (QED) is 0.782. The molecule has 0 aromatic heterocycles. The average Bonchev–Trinajstić information content (AvgIpc) is 2.45. The van der Waals surface area contributed by atoms with Crippen molar-refractivity contribution in [3.63, 3.8) is 0 Å². The molecule has 1 saturated heterocycles. The highest BCUT2D eigenvalue weighted by molar-refractivity contribution is 5.13. The lowest BCUT2D eigenvalue weighted by Gasteiger charge is -2.24. The molecule has 0 radical (unpaired) electrons. The number of rotatable bonds is 4. The molecule has 2 nitrogen and oxygen atoms in total. The average molecular weight is 290 g/mol. The van der Waals surface area contributed by atoms with Gasteiger partial charge in [-0.05, 0) is 64.7 Å². The minimum absolute atomic E-state index is 0.653. The Hall–Kier alpha value is -0.860. The van der Waals surface area contributed by atoms with E-state index in [1.807, 2.05) is 0 Å². The zero-order valence-corrected chi connectivity index (χ0v) is 13.8. The van der Waals surface area contributed by atoms with E-state index < -0.39 is 0 Å². The fraction of sp³-hybridized carbons (Fsp3) is 0.684. The maximum Gasteiger partial charge on any atom is -0.00184 e. The van der Waals surface area contributed by atoms with Gasteiger partial charge in [0.05, 0.1) is 0 Å². The van der Waals surface area contributed by atoms with Gasteiger partial charge in [-0.1, -0.05) is 55.7 Å². The van der Waals surface area contributed by atoms with Gasteiger partial charge in [0.25, 0.3) is 0 Å². The van der Waals surface area contributed by atoms with Crippen molar-refractivity contribution in [3.8, 4) is 0 Å². The molecule has 1 heterocycles. The molecule has 0 spiro atoms. The van der Waals surface area contributed by atoms with Crippen LogP contribution < -0.4 is 5.73 Å². The third-order valence-corrected chi connectivity index (χ3v) is 4.22. The molecule has 21 heavy (non-hydrogen) atoms.